The molecule has 3 nitrogen and oxygen atoms in total. The largest absolute Gasteiger partial charge is 0.433 e. The monoisotopic (exact) mass is 502 g/mol. The molecule has 2 aliphatic rings. The number of oxime groups is 1. The first-order valence-electron chi connectivity index (χ1n) is 9.42. The Morgan fingerprint density at radius 1 is 0.818 bits per heavy atom. The number of pyridine rings is 1. The van der Waals surface area contributed by atoms with E-state index in [4.69, 9.17) is 16.4 Å². The molecule has 0 amide bonds. The number of nitrogens with zero attached hydrogens (tertiary/aromatic N) is 2. The van der Waals surface area contributed by atoms with E-state index in [0.29, 0.717) is 12.1 Å². The van der Waals surface area contributed by atoms with E-state index in [1.54, 1.807) is 0 Å². The highest BCUT2D eigenvalue weighted by Crippen LogP contribution is 2.50. The Morgan fingerprint density at radius 3 is 1.97 bits per heavy atom. The summed E-state index contributed by atoms with van der Waals surface area (Å²) in [6.45, 7) is 0. The third-order valence-electron chi connectivity index (χ3n) is 5.63. The Hall–Kier alpha value is -2.50. The van der Waals surface area contributed by atoms with Gasteiger partial charge in [0.15, 0.2) is 6.10 Å². The number of alkyl halides is 9. The molecule has 4 rings (SSSR count). The molecule has 2 heterocycles. The van der Waals surface area contributed by atoms with Crippen molar-refractivity contribution in [3.05, 3.63) is 63.4 Å². The standard InChI is InChI=1S/C20H12ClF9N2O/c21-14-7-31-15(20(28,29)30)6-13(14)11-1-2-12-16(11)32-33-17(12)8-3-9(18(22,23)24)5-10(4-8)19(25,26)27/h3-7,11-12,17H,1-2H2. The highest BCUT2D eigenvalue weighted by atomic mass is 35.5. The summed E-state index contributed by atoms with van der Waals surface area (Å²) >= 11 is 6.04. The van der Waals surface area contributed by atoms with Crippen molar-refractivity contribution in [2.45, 2.75) is 43.4 Å². The van der Waals surface area contributed by atoms with Crippen molar-refractivity contribution in [2.75, 3.05) is 0 Å². The molecule has 0 bridgehead atoms. The van der Waals surface area contributed by atoms with Crippen molar-refractivity contribution in [1.29, 1.82) is 0 Å². The molecule has 0 spiro atoms. The first-order valence-corrected chi connectivity index (χ1v) is 9.79. The maximum atomic E-state index is 13.2. The van der Waals surface area contributed by atoms with Gasteiger partial charge >= 0.3 is 18.5 Å². The van der Waals surface area contributed by atoms with Crippen LogP contribution in [-0.4, -0.2) is 10.7 Å². The minimum Gasteiger partial charge on any atom is -0.387 e. The lowest BCUT2D eigenvalue weighted by Gasteiger charge is -2.19. The predicted octanol–water partition coefficient (Wildman–Crippen LogP) is 7.41. The number of benzene rings is 1. The molecule has 3 unspecified atom stereocenters. The van der Waals surface area contributed by atoms with Crippen molar-refractivity contribution >= 4 is 17.3 Å². The molecule has 1 aromatic carbocycles. The molecular formula is C20H12ClF9N2O. The quantitative estimate of drug-likeness (QED) is 0.401. The summed E-state index contributed by atoms with van der Waals surface area (Å²) in [4.78, 5) is 8.46. The lowest BCUT2D eigenvalue weighted by molar-refractivity contribution is -0.143. The van der Waals surface area contributed by atoms with E-state index < -0.39 is 53.3 Å². The molecule has 1 aromatic heterocycles. The second-order valence-corrected chi connectivity index (χ2v) is 8.11. The topological polar surface area (TPSA) is 34.5 Å². The maximum Gasteiger partial charge on any atom is 0.433 e. The van der Waals surface area contributed by atoms with E-state index in [9.17, 15) is 39.5 Å². The van der Waals surface area contributed by atoms with Crippen molar-refractivity contribution in [3.8, 4) is 0 Å². The molecule has 1 fully saturated rings. The lowest BCUT2D eigenvalue weighted by atomic mass is 9.88. The minimum absolute atomic E-state index is 0.00702. The number of halogens is 10. The zero-order valence-electron chi connectivity index (χ0n) is 16.1. The van der Waals surface area contributed by atoms with Crippen molar-refractivity contribution in [2.24, 2.45) is 11.1 Å². The van der Waals surface area contributed by atoms with Gasteiger partial charge in [0.05, 0.1) is 21.9 Å². The van der Waals surface area contributed by atoms with E-state index in [2.05, 4.69) is 10.1 Å². The number of aromatic nitrogens is 1. The Kier molecular flexibility index (Phi) is 5.58. The first kappa shape index (κ1) is 23.7. The molecule has 0 saturated heterocycles. The van der Waals surface area contributed by atoms with Gasteiger partial charge in [-0.3, -0.25) is 4.98 Å². The van der Waals surface area contributed by atoms with E-state index in [1.807, 2.05) is 0 Å². The van der Waals surface area contributed by atoms with E-state index in [0.717, 1.165) is 12.3 Å². The molecule has 178 valence electrons. The maximum absolute atomic E-state index is 13.2. The molecule has 0 N–H and O–H groups in total. The Labute approximate surface area is 185 Å². The molecule has 3 atom stereocenters. The van der Waals surface area contributed by atoms with Crippen molar-refractivity contribution in [3.63, 3.8) is 0 Å². The molecule has 13 heteroatoms. The van der Waals surface area contributed by atoms with Crippen LogP contribution in [0.25, 0.3) is 0 Å². The van der Waals surface area contributed by atoms with Crippen LogP contribution in [0.15, 0.2) is 35.6 Å². The van der Waals surface area contributed by atoms with Gasteiger partial charge in [-0.05, 0) is 48.2 Å². The summed E-state index contributed by atoms with van der Waals surface area (Å²) in [7, 11) is 0. The second kappa shape index (κ2) is 7.78. The van der Waals surface area contributed by atoms with Crippen LogP contribution < -0.4 is 0 Å². The minimum atomic E-state index is -5.03. The molecule has 33 heavy (non-hydrogen) atoms. The van der Waals surface area contributed by atoms with Crippen LogP contribution in [0.5, 0.6) is 0 Å². The third-order valence-corrected chi connectivity index (χ3v) is 5.95. The van der Waals surface area contributed by atoms with Crippen LogP contribution in [0.2, 0.25) is 5.02 Å². The summed E-state index contributed by atoms with van der Waals surface area (Å²) in [6.07, 6.45) is -14.8. The summed E-state index contributed by atoms with van der Waals surface area (Å²) < 4.78 is 118. The van der Waals surface area contributed by atoms with Crippen LogP contribution in [0.4, 0.5) is 39.5 Å². The van der Waals surface area contributed by atoms with Gasteiger partial charge in [0.25, 0.3) is 0 Å². The predicted molar refractivity (Wildman–Crippen MR) is 97.4 cm³/mol. The lowest BCUT2D eigenvalue weighted by Crippen LogP contribution is -2.18. The number of hydrogen-bond acceptors (Lipinski definition) is 3. The van der Waals surface area contributed by atoms with Crippen LogP contribution >= 0.6 is 11.6 Å². The zero-order valence-corrected chi connectivity index (χ0v) is 16.9. The summed E-state index contributed by atoms with van der Waals surface area (Å²) in [5.41, 5.74) is -4.28. The Bertz CT molecular complexity index is 1080. The first-order chi connectivity index (χ1) is 15.2. The summed E-state index contributed by atoms with van der Waals surface area (Å²) in [5.74, 6) is -1.47. The Balaban J connectivity index is 1.69. The molecule has 1 saturated carbocycles. The highest BCUT2D eigenvalue weighted by molar-refractivity contribution is 6.31. The van der Waals surface area contributed by atoms with Gasteiger partial charge in [-0.15, -0.1) is 0 Å². The number of hydrogen-bond donors (Lipinski definition) is 0. The highest BCUT2D eigenvalue weighted by Gasteiger charge is 2.47. The second-order valence-electron chi connectivity index (χ2n) is 7.71. The molecule has 1 aliphatic carbocycles. The van der Waals surface area contributed by atoms with Crippen molar-refractivity contribution in [1.82, 2.24) is 4.98 Å². The fourth-order valence-corrected chi connectivity index (χ4v) is 4.39. The molecular weight excluding hydrogens is 491 g/mol. The fourth-order valence-electron chi connectivity index (χ4n) is 4.16. The van der Waals surface area contributed by atoms with Crippen LogP contribution in [0.3, 0.4) is 0 Å². The van der Waals surface area contributed by atoms with E-state index in [-0.39, 0.29) is 40.8 Å². The normalized spacial score (nSPS) is 23.3. The average Bonchev–Trinajstić information content (AvgIpc) is 3.28. The number of fused-ring (bicyclic) bond motifs is 1. The van der Waals surface area contributed by atoms with E-state index in [1.165, 1.54) is 0 Å². The van der Waals surface area contributed by atoms with Gasteiger partial charge in [0.2, 0.25) is 0 Å². The molecule has 2 aromatic rings. The zero-order chi connectivity index (χ0) is 24.3. The van der Waals surface area contributed by atoms with Gasteiger partial charge in [0.1, 0.15) is 5.69 Å². The van der Waals surface area contributed by atoms with Gasteiger partial charge in [-0.2, -0.15) is 39.5 Å². The van der Waals surface area contributed by atoms with Crippen LogP contribution in [0.1, 0.15) is 52.8 Å². The van der Waals surface area contributed by atoms with Crippen LogP contribution in [-0.2, 0) is 23.4 Å². The van der Waals surface area contributed by atoms with Gasteiger partial charge in [0, 0.05) is 18.0 Å². The van der Waals surface area contributed by atoms with Gasteiger partial charge in [-0.25, -0.2) is 0 Å². The van der Waals surface area contributed by atoms with Gasteiger partial charge in [-0.1, -0.05) is 16.8 Å². The SMILES string of the molecule is FC(F)(F)c1cc(C2ON=C3C(c4cc(C(F)(F)F)ncc4Cl)CCC32)cc(C(F)(F)F)c1. The Morgan fingerprint density at radius 2 is 1.42 bits per heavy atom. The fraction of sp³-hybridized carbons (Fsp3) is 0.400. The summed E-state index contributed by atoms with van der Waals surface area (Å²) in [5, 5.41) is 3.75. The summed E-state index contributed by atoms with van der Waals surface area (Å²) in [6, 6.07) is 1.89. The number of rotatable bonds is 2. The van der Waals surface area contributed by atoms with Crippen LogP contribution in [0, 0.1) is 5.92 Å². The molecule has 0 radical (unpaired) electrons. The van der Waals surface area contributed by atoms with Crippen molar-refractivity contribution < 1.29 is 44.4 Å². The third kappa shape index (κ3) is 4.49. The molecule has 1 aliphatic heterocycles. The average molecular weight is 503 g/mol. The smallest absolute Gasteiger partial charge is 0.387 e. The van der Waals surface area contributed by atoms with E-state index >= 15 is 0 Å². The van der Waals surface area contributed by atoms with Gasteiger partial charge < -0.3 is 4.84 Å².